The predicted octanol–water partition coefficient (Wildman–Crippen LogP) is 3.88. The number of hydrogen-bond acceptors (Lipinski definition) is 4. The maximum atomic E-state index is 12.3. The molecule has 114 valence electrons. The fourth-order valence-electron chi connectivity index (χ4n) is 2.25. The summed E-state index contributed by atoms with van der Waals surface area (Å²) >= 11 is 5.03. The lowest BCUT2D eigenvalue weighted by Crippen LogP contribution is -2.36. The quantitative estimate of drug-likeness (QED) is 0.877. The number of carbonyl (C=O) groups excluding carboxylic acids is 1. The first-order valence-corrected chi connectivity index (χ1v) is 8.63. The van der Waals surface area contributed by atoms with E-state index in [4.69, 9.17) is 4.84 Å². The van der Waals surface area contributed by atoms with E-state index in [1.54, 1.807) is 11.3 Å². The van der Waals surface area contributed by atoms with Crippen molar-refractivity contribution in [3.63, 3.8) is 0 Å². The van der Waals surface area contributed by atoms with E-state index in [0.717, 1.165) is 20.6 Å². The number of rotatable bonds is 4. The van der Waals surface area contributed by atoms with E-state index in [2.05, 4.69) is 26.4 Å². The van der Waals surface area contributed by atoms with Gasteiger partial charge < -0.3 is 10.2 Å². The summed E-state index contributed by atoms with van der Waals surface area (Å²) in [5.41, 5.74) is 1.81. The number of halogens is 1. The Hall–Kier alpha value is -1.66. The number of carbonyl (C=O) groups is 1. The van der Waals surface area contributed by atoms with Crippen LogP contribution in [0.1, 0.15) is 29.8 Å². The highest BCUT2D eigenvalue weighted by Gasteiger charge is 2.29. The summed E-state index contributed by atoms with van der Waals surface area (Å²) in [6.07, 6.45) is -0.0578. The molecule has 2 heterocycles. The molecule has 0 radical (unpaired) electrons. The lowest BCUT2D eigenvalue weighted by Gasteiger charge is -2.14. The molecule has 6 heteroatoms. The molecule has 1 aromatic heterocycles. The second kappa shape index (κ2) is 6.62. The molecule has 4 nitrogen and oxygen atoms in total. The Morgan fingerprint density at radius 1 is 1.45 bits per heavy atom. The molecule has 2 atom stereocenters. The van der Waals surface area contributed by atoms with Crippen molar-refractivity contribution in [1.82, 2.24) is 5.32 Å². The number of oxime groups is 1. The summed E-state index contributed by atoms with van der Waals surface area (Å²) in [5.74, 6) is -0.133. The number of benzene rings is 1. The predicted molar refractivity (Wildman–Crippen MR) is 91.0 cm³/mol. The average molecular weight is 379 g/mol. The highest BCUT2D eigenvalue weighted by atomic mass is 79.9. The second-order valence-corrected chi connectivity index (χ2v) is 6.96. The number of nitrogens with zero attached hydrogens (tertiary/aromatic N) is 1. The minimum Gasteiger partial charge on any atom is -0.382 e. The standard InChI is InChI=1S/C16H15BrN2O2S/c1-10(15-7-12(17)9-22-15)18-16(20)14-8-13(19-21-14)11-5-3-2-4-6-11/h2-7,9-10,14H,8H2,1H3,(H,18,20). The monoisotopic (exact) mass is 378 g/mol. The van der Waals surface area contributed by atoms with Gasteiger partial charge in [0, 0.05) is 21.2 Å². The maximum Gasteiger partial charge on any atom is 0.264 e. The van der Waals surface area contributed by atoms with Gasteiger partial charge in [0.15, 0.2) is 0 Å². The number of hydrogen-bond donors (Lipinski definition) is 1. The highest BCUT2D eigenvalue weighted by molar-refractivity contribution is 9.10. The topological polar surface area (TPSA) is 50.7 Å². The molecule has 1 aliphatic heterocycles. The van der Waals surface area contributed by atoms with Gasteiger partial charge in [0.05, 0.1) is 11.8 Å². The normalized spacial score (nSPS) is 18.5. The van der Waals surface area contributed by atoms with E-state index in [0.29, 0.717) is 6.42 Å². The van der Waals surface area contributed by atoms with Gasteiger partial charge in [-0.25, -0.2) is 0 Å². The van der Waals surface area contributed by atoms with Crippen molar-refractivity contribution in [3.05, 3.63) is 56.7 Å². The summed E-state index contributed by atoms with van der Waals surface area (Å²) in [5, 5.41) is 9.02. The lowest BCUT2D eigenvalue weighted by atomic mass is 10.0. The molecule has 2 aromatic rings. The van der Waals surface area contributed by atoms with Crippen LogP contribution in [-0.4, -0.2) is 17.7 Å². The molecule has 0 saturated heterocycles. The summed E-state index contributed by atoms with van der Waals surface area (Å²) in [6, 6.07) is 11.7. The summed E-state index contributed by atoms with van der Waals surface area (Å²) < 4.78 is 1.03. The third-order valence-corrected chi connectivity index (χ3v) is 5.32. The SMILES string of the molecule is CC(NC(=O)C1CC(c2ccccc2)=NO1)c1cc(Br)cs1. The first kappa shape index (κ1) is 15.2. The smallest absolute Gasteiger partial charge is 0.264 e. The van der Waals surface area contributed by atoms with Crippen LogP contribution in [0.15, 0.2) is 51.4 Å². The fourth-order valence-corrected chi connectivity index (χ4v) is 3.71. The van der Waals surface area contributed by atoms with Crippen molar-refractivity contribution < 1.29 is 9.63 Å². The van der Waals surface area contributed by atoms with Crippen molar-refractivity contribution in [2.45, 2.75) is 25.5 Å². The number of thiophene rings is 1. The minimum absolute atomic E-state index is 0.0480. The molecule has 3 rings (SSSR count). The van der Waals surface area contributed by atoms with Crippen LogP contribution in [0.3, 0.4) is 0 Å². The Kier molecular flexibility index (Phi) is 4.59. The van der Waals surface area contributed by atoms with Gasteiger partial charge in [-0.15, -0.1) is 11.3 Å². The lowest BCUT2D eigenvalue weighted by molar-refractivity contribution is -0.131. The molecule has 1 aliphatic rings. The molecule has 0 aliphatic carbocycles. The highest BCUT2D eigenvalue weighted by Crippen LogP contribution is 2.26. The first-order chi connectivity index (χ1) is 10.6. The Morgan fingerprint density at radius 3 is 2.91 bits per heavy atom. The molecule has 1 amide bonds. The molecule has 0 bridgehead atoms. The Bertz CT molecular complexity index is 699. The first-order valence-electron chi connectivity index (χ1n) is 6.96. The molecule has 0 fully saturated rings. The fraction of sp³-hybridized carbons (Fsp3) is 0.250. The zero-order valence-corrected chi connectivity index (χ0v) is 14.4. The van der Waals surface area contributed by atoms with E-state index in [1.165, 1.54) is 0 Å². The van der Waals surface area contributed by atoms with Crippen LogP contribution in [0.25, 0.3) is 0 Å². The van der Waals surface area contributed by atoms with Crippen molar-refractivity contribution in [1.29, 1.82) is 0 Å². The van der Waals surface area contributed by atoms with Gasteiger partial charge in [-0.2, -0.15) is 0 Å². The van der Waals surface area contributed by atoms with Crippen LogP contribution in [0, 0.1) is 0 Å². The Morgan fingerprint density at radius 2 is 2.23 bits per heavy atom. The third kappa shape index (κ3) is 3.39. The summed E-state index contributed by atoms with van der Waals surface area (Å²) in [4.78, 5) is 18.7. The second-order valence-electron chi connectivity index (χ2n) is 5.10. The number of nitrogens with one attached hydrogen (secondary N) is 1. The number of amides is 1. The molecular weight excluding hydrogens is 364 g/mol. The summed E-state index contributed by atoms with van der Waals surface area (Å²) in [6.45, 7) is 1.96. The van der Waals surface area contributed by atoms with Gasteiger partial charge in [-0.05, 0) is 34.5 Å². The van der Waals surface area contributed by atoms with Crippen molar-refractivity contribution in [3.8, 4) is 0 Å². The van der Waals surface area contributed by atoms with Crippen molar-refractivity contribution in [2.75, 3.05) is 0 Å². The van der Waals surface area contributed by atoms with Crippen LogP contribution in [-0.2, 0) is 9.63 Å². The maximum absolute atomic E-state index is 12.3. The van der Waals surface area contributed by atoms with Crippen LogP contribution >= 0.6 is 27.3 Å². The van der Waals surface area contributed by atoms with Crippen LogP contribution in [0.2, 0.25) is 0 Å². The molecule has 1 aromatic carbocycles. The molecule has 2 unspecified atom stereocenters. The van der Waals surface area contributed by atoms with E-state index < -0.39 is 6.10 Å². The van der Waals surface area contributed by atoms with Crippen molar-refractivity contribution in [2.24, 2.45) is 5.16 Å². The van der Waals surface area contributed by atoms with Gasteiger partial charge in [-0.1, -0.05) is 35.5 Å². The van der Waals surface area contributed by atoms with Crippen LogP contribution < -0.4 is 5.32 Å². The largest absolute Gasteiger partial charge is 0.382 e. The van der Waals surface area contributed by atoms with E-state index in [-0.39, 0.29) is 11.9 Å². The summed E-state index contributed by atoms with van der Waals surface area (Å²) in [7, 11) is 0. The van der Waals surface area contributed by atoms with Gasteiger partial charge in [-0.3, -0.25) is 4.79 Å². The molecule has 0 saturated carbocycles. The van der Waals surface area contributed by atoms with E-state index in [9.17, 15) is 4.79 Å². The van der Waals surface area contributed by atoms with Crippen LogP contribution in [0.5, 0.6) is 0 Å². The Labute approximate surface area is 141 Å². The van der Waals surface area contributed by atoms with Gasteiger partial charge in [0.2, 0.25) is 6.10 Å². The van der Waals surface area contributed by atoms with Crippen molar-refractivity contribution >= 4 is 38.9 Å². The molecule has 1 N–H and O–H groups in total. The van der Waals surface area contributed by atoms with Gasteiger partial charge >= 0.3 is 0 Å². The zero-order chi connectivity index (χ0) is 15.5. The Balaban J connectivity index is 1.59. The molecular formula is C16H15BrN2O2S. The third-order valence-electron chi connectivity index (χ3n) is 3.44. The van der Waals surface area contributed by atoms with Crippen LogP contribution in [0.4, 0.5) is 0 Å². The van der Waals surface area contributed by atoms with Gasteiger partial charge in [0.1, 0.15) is 0 Å². The molecule has 22 heavy (non-hydrogen) atoms. The van der Waals surface area contributed by atoms with Gasteiger partial charge in [0.25, 0.3) is 5.91 Å². The van der Waals surface area contributed by atoms with E-state index in [1.807, 2.05) is 48.7 Å². The zero-order valence-electron chi connectivity index (χ0n) is 12.0. The minimum atomic E-state index is -0.555. The molecule has 0 spiro atoms. The van der Waals surface area contributed by atoms with E-state index >= 15 is 0 Å². The average Bonchev–Trinajstić information content (AvgIpc) is 3.17.